The van der Waals surface area contributed by atoms with Gasteiger partial charge in [0.25, 0.3) is 0 Å². The van der Waals surface area contributed by atoms with Crippen LogP contribution in [0, 0.1) is 0 Å². The number of H-pyrrole nitrogens is 1. The fourth-order valence-electron chi connectivity index (χ4n) is 3.16. The third-order valence-corrected chi connectivity index (χ3v) is 4.64. The molecule has 136 valence electrons. The molecule has 1 unspecified atom stereocenters. The van der Waals surface area contributed by atoms with E-state index in [-0.39, 0.29) is 0 Å². The zero-order chi connectivity index (χ0) is 18.8. The van der Waals surface area contributed by atoms with Gasteiger partial charge in [-0.2, -0.15) is 0 Å². The molecule has 1 aromatic heterocycles. The number of nitrogens with zero attached hydrogens (tertiary/aromatic N) is 1. The number of rotatable bonds is 5. The van der Waals surface area contributed by atoms with Gasteiger partial charge in [0.15, 0.2) is 11.5 Å². The first-order chi connectivity index (χ1) is 13.2. The Labute approximate surface area is 157 Å². The highest BCUT2D eigenvalue weighted by atomic mass is 16.5. The molecule has 2 N–H and O–H groups in total. The van der Waals surface area contributed by atoms with Crippen LogP contribution < -0.4 is 9.47 Å². The van der Waals surface area contributed by atoms with Gasteiger partial charge >= 0.3 is 0 Å². The largest absolute Gasteiger partial charge is 0.493 e. The van der Waals surface area contributed by atoms with Gasteiger partial charge in [-0.25, -0.2) is 4.98 Å². The first kappa shape index (κ1) is 17.1. The number of aromatic nitrogens is 2. The van der Waals surface area contributed by atoms with E-state index in [1.165, 1.54) is 5.39 Å². The summed E-state index contributed by atoms with van der Waals surface area (Å²) in [6, 6.07) is 19.7. The van der Waals surface area contributed by atoms with Crippen molar-refractivity contribution in [1.82, 2.24) is 9.97 Å². The second-order valence-electron chi connectivity index (χ2n) is 6.26. The highest BCUT2D eigenvalue weighted by molar-refractivity contribution is 5.86. The first-order valence-corrected chi connectivity index (χ1v) is 8.63. The van der Waals surface area contributed by atoms with Crippen LogP contribution in [0.25, 0.3) is 22.0 Å². The second kappa shape index (κ2) is 7.13. The molecule has 1 atom stereocenters. The van der Waals surface area contributed by atoms with Crippen molar-refractivity contribution in [2.75, 3.05) is 14.2 Å². The van der Waals surface area contributed by atoms with E-state index in [2.05, 4.69) is 34.2 Å². The topological polar surface area (TPSA) is 67.4 Å². The van der Waals surface area contributed by atoms with E-state index in [9.17, 15) is 5.11 Å². The van der Waals surface area contributed by atoms with Gasteiger partial charge in [-0.3, -0.25) is 0 Å². The first-order valence-electron chi connectivity index (χ1n) is 8.63. The van der Waals surface area contributed by atoms with Crippen LogP contribution in [0.15, 0.2) is 66.9 Å². The highest BCUT2D eigenvalue weighted by Crippen LogP contribution is 2.32. The maximum atomic E-state index is 10.7. The Morgan fingerprint density at radius 2 is 1.67 bits per heavy atom. The molecular weight excluding hydrogens is 340 g/mol. The Balaban J connectivity index is 1.65. The fourth-order valence-corrected chi connectivity index (χ4v) is 3.16. The molecule has 5 nitrogen and oxygen atoms in total. The molecule has 5 heteroatoms. The number of aliphatic hydroxyl groups excluding tert-OH is 1. The predicted octanol–water partition coefficient (Wildman–Crippen LogP) is 4.33. The van der Waals surface area contributed by atoms with Crippen LogP contribution in [0.4, 0.5) is 0 Å². The van der Waals surface area contributed by atoms with Gasteiger partial charge in [0.1, 0.15) is 11.9 Å². The van der Waals surface area contributed by atoms with E-state index < -0.39 is 6.10 Å². The van der Waals surface area contributed by atoms with Gasteiger partial charge in [-0.15, -0.1) is 0 Å². The molecule has 0 saturated carbocycles. The lowest BCUT2D eigenvalue weighted by molar-refractivity contribution is 0.210. The average Bonchev–Trinajstić information content (AvgIpc) is 3.22. The molecule has 0 amide bonds. The van der Waals surface area contributed by atoms with E-state index in [4.69, 9.17) is 9.47 Å². The minimum atomic E-state index is -0.890. The minimum Gasteiger partial charge on any atom is -0.493 e. The Morgan fingerprint density at radius 1 is 0.889 bits per heavy atom. The summed E-state index contributed by atoms with van der Waals surface area (Å²) in [5.41, 5.74) is 2.55. The third kappa shape index (κ3) is 3.25. The van der Waals surface area contributed by atoms with E-state index >= 15 is 0 Å². The van der Waals surface area contributed by atoms with Crippen molar-refractivity contribution in [1.29, 1.82) is 0 Å². The van der Waals surface area contributed by atoms with Crippen LogP contribution >= 0.6 is 0 Å². The SMILES string of the molecule is COc1ccc(C(O)c2ncc(-c3ccc4ccccc4c3)[nH]2)cc1OC. The summed E-state index contributed by atoms with van der Waals surface area (Å²) in [7, 11) is 3.15. The smallest absolute Gasteiger partial charge is 0.161 e. The summed E-state index contributed by atoms with van der Waals surface area (Å²) >= 11 is 0. The summed E-state index contributed by atoms with van der Waals surface area (Å²) in [6.07, 6.45) is 0.850. The zero-order valence-corrected chi connectivity index (χ0v) is 15.1. The van der Waals surface area contributed by atoms with Crippen LogP contribution in [0.1, 0.15) is 17.5 Å². The lowest BCUT2D eigenvalue weighted by Crippen LogP contribution is -2.03. The molecule has 0 spiro atoms. The summed E-state index contributed by atoms with van der Waals surface area (Å²) in [5.74, 6) is 1.66. The maximum Gasteiger partial charge on any atom is 0.161 e. The van der Waals surface area contributed by atoms with Crippen LogP contribution in [-0.2, 0) is 0 Å². The van der Waals surface area contributed by atoms with Crippen LogP contribution in [0.3, 0.4) is 0 Å². The van der Waals surface area contributed by atoms with Crippen molar-refractivity contribution in [3.63, 3.8) is 0 Å². The number of hydrogen-bond donors (Lipinski definition) is 2. The molecule has 0 aliphatic heterocycles. The summed E-state index contributed by atoms with van der Waals surface area (Å²) in [6.45, 7) is 0. The number of fused-ring (bicyclic) bond motifs is 1. The monoisotopic (exact) mass is 360 g/mol. The van der Waals surface area contributed by atoms with Crippen molar-refractivity contribution in [2.45, 2.75) is 6.10 Å². The van der Waals surface area contributed by atoms with E-state index in [1.807, 2.05) is 18.2 Å². The van der Waals surface area contributed by atoms with E-state index in [0.29, 0.717) is 22.9 Å². The average molecular weight is 360 g/mol. The minimum absolute atomic E-state index is 0.477. The Morgan fingerprint density at radius 3 is 2.44 bits per heavy atom. The van der Waals surface area contributed by atoms with E-state index in [0.717, 1.165) is 16.6 Å². The van der Waals surface area contributed by atoms with Crippen molar-refractivity contribution in [3.05, 3.63) is 78.2 Å². The Hall–Kier alpha value is -3.31. The Kier molecular flexibility index (Phi) is 4.52. The van der Waals surface area contributed by atoms with Gasteiger partial charge in [0.2, 0.25) is 0 Å². The van der Waals surface area contributed by atoms with Gasteiger partial charge in [0, 0.05) is 5.56 Å². The molecule has 0 aliphatic carbocycles. The summed E-state index contributed by atoms with van der Waals surface area (Å²) < 4.78 is 10.6. The molecule has 4 aromatic rings. The summed E-state index contributed by atoms with van der Waals surface area (Å²) in [5, 5.41) is 13.1. The van der Waals surface area contributed by atoms with Crippen LogP contribution in [0.2, 0.25) is 0 Å². The maximum absolute atomic E-state index is 10.7. The van der Waals surface area contributed by atoms with Crippen molar-refractivity contribution in [3.8, 4) is 22.8 Å². The number of hydrogen-bond acceptors (Lipinski definition) is 4. The number of aromatic amines is 1. The van der Waals surface area contributed by atoms with Gasteiger partial charge in [-0.1, -0.05) is 42.5 Å². The third-order valence-electron chi connectivity index (χ3n) is 4.64. The number of methoxy groups -OCH3 is 2. The second-order valence-corrected chi connectivity index (χ2v) is 6.26. The molecule has 0 saturated heterocycles. The standard InChI is InChI=1S/C22H20N2O3/c1-26-19-10-9-17(12-20(19)27-2)21(25)22-23-13-18(24-22)16-8-7-14-5-3-4-6-15(14)11-16/h3-13,21,25H,1-2H3,(H,23,24). The highest BCUT2D eigenvalue weighted by Gasteiger charge is 2.17. The van der Waals surface area contributed by atoms with Crippen LogP contribution in [-0.4, -0.2) is 29.3 Å². The number of ether oxygens (including phenoxy) is 2. The molecule has 0 aliphatic rings. The molecule has 0 fully saturated rings. The predicted molar refractivity (Wildman–Crippen MR) is 105 cm³/mol. The summed E-state index contributed by atoms with van der Waals surface area (Å²) in [4.78, 5) is 7.59. The van der Waals surface area contributed by atoms with E-state index in [1.54, 1.807) is 38.6 Å². The fraction of sp³-hybridized carbons (Fsp3) is 0.136. The molecular formula is C22H20N2O3. The normalized spacial score (nSPS) is 12.1. The number of benzene rings is 3. The number of nitrogens with one attached hydrogen (secondary N) is 1. The zero-order valence-electron chi connectivity index (χ0n) is 15.1. The van der Waals surface area contributed by atoms with Crippen molar-refractivity contribution < 1.29 is 14.6 Å². The van der Waals surface area contributed by atoms with Gasteiger partial charge < -0.3 is 19.6 Å². The quantitative estimate of drug-likeness (QED) is 0.556. The lowest BCUT2D eigenvalue weighted by atomic mass is 10.1. The number of aliphatic hydroxyl groups is 1. The Bertz CT molecular complexity index is 1090. The number of imidazole rings is 1. The van der Waals surface area contributed by atoms with Gasteiger partial charge in [-0.05, 0) is 34.5 Å². The molecule has 3 aromatic carbocycles. The molecule has 0 radical (unpaired) electrons. The van der Waals surface area contributed by atoms with Gasteiger partial charge in [0.05, 0.1) is 26.1 Å². The molecule has 1 heterocycles. The van der Waals surface area contributed by atoms with Crippen molar-refractivity contribution >= 4 is 10.8 Å². The molecule has 27 heavy (non-hydrogen) atoms. The molecule has 0 bridgehead atoms. The van der Waals surface area contributed by atoms with Crippen molar-refractivity contribution in [2.24, 2.45) is 0 Å². The van der Waals surface area contributed by atoms with Crippen LogP contribution in [0.5, 0.6) is 11.5 Å². The molecule has 4 rings (SSSR count). The lowest BCUT2D eigenvalue weighted by Gasteiger charge is -2.12.